The number of nitrogens with one attached hydrogen (secondary N) is 3. The fraction of sp³-hybridized carbons (Fsp3) is 0.632. The van der Waals surface area contributed by atoms with Crippen LogP contribution in [0.25, 0.3) is 0 Å². The number of benzene rings is 1. The highest BCUT2D eigenvalue weighted by Gasteiger charge is 2.39. The molecule has 1 aromatic carbocycles. The molecular weight excluding hydrogens is 305 g/mol. The molecule has 132 valence electrons. The van der Waals surface area contributed by atoms with E-state index >= 15 is 0 Å². The monoisotopic (exact) mass is 333 g/mol. The highest BCUT2D eigenvalue weighted by atomic mass is 19.1. The molecule has 1 amide bonds. The Hall–Kier alpha value is -1.46. The minimum absolute atomic E-state index is 0.132. The lowest BCUT2D eigenvalue weighted by Gasteiger charge is -2.41. The van der Waals surface area contributed by atoms with Crippen molar-refractivity contribution in [3.8, 4) is 0 Å². The predicted octanol–water partition coefficient (Wildman–Crippen LogP) is 2.68. The van der Waals surface area contributed by atoms with Crippen LogP contribution in [0.4, 0.5) is 4.39 Å². The molecule has 4 nitrogen and oxygen atoms in total. The third kappa shape index (κ3) is 3.95. The van der Waals surface area contributed by atoms with Gasteiger partial charge in [0.2, 0.25) is 5.91 Å². The molecule has 3 rings (SSSR count). The molecule has 3 N–H and O–H groups in total. The highest BCUT2D eigenvalue weighted by molar-refractivity contribution is 5.79. The van der Waals surface area contributed by atoms with Crippen LogP contribution in [-0.2, 0) is 17.8 Å². The van der Waals surface area contributed by atoms with Crippen LogP contribution in [0.3, 0.4) is 0 Å². The van der Waals surface area contributed by atoms with E-state index in [0.717, 1.165) is 31.2 Å². The zero-order chi connectivity index (χ0) is 17.1. The molecular formula is C19H28FN3O. The van der Waals surface area contributed by atoms with E-state index in [1.165, 1.54) is 6.42 Å². The number of rotatable bonds is 5. The molecule has 1 heterocycles. The van der Waals surface area contributed by atoms with Gasteiger partial charge in [-0.2, -0.15) is 0 Å². The van der Waals surface area contributed by atoms with E-state index in [0.29, 0.717) is 24.1 Å². The van der Waals surface area contributed by atoms with Crippen LogP contribution >= 0.6 is 0 Å². The summed E-state index contributed by atoms with van der Waals surface area (Å²) in [4.78, 5) is 12.0. The Labute approximate surface area is 143 Å². The topological polar surface area (TPSA) is 53.2 Å². The summed E-state index contributed by atoms with van der Waals surface area (Å²) < 4.78 is 14.0. The number of fused-ring (bicyclic) bond motifs is 1. The van der Waals surface area contributed by atoms with Crippen molar-refractivity contribution in [2.45, 2.75) is 64.6 Å². The lowest BCUT2D eigenvalue weighted by molar-refractivity contribution is -0.133. The van der Waals surface area contributed by atoms with Gasteiger partial charge in [-0.05, 0) is 36.8 Å². The summed E-state index contributed by atoms with van der Waals surface area (Å²) in [7, 11) is 0. The number of carbonyl (C=O) groups is 1. The van der Waals surface area contributed by atoms with E-state index in [9.17, 15) is 9.18 Å². The van der Waals surface area contributed by atoms with E-state index in [4.69, 9.17) is 0 Å². The molecule has 1 aliphatic carbocycles. The van der Waals surface area contributed by atoms with Gasteiger partial charge in [-0.25, -0.2) is 9.82 Å². The van der Waals surface area contributed by atoms with Crippen LogP contribution in [-0.4, -0.2) is 18.0 Å². The maximum Gasteiger partial charge on any atom is 0.237 e. The number of carbonyl (C=O) groups excluding carboxylic acids is 1. The summed E-state index contributed by atoms with van der Waals surface area (Å²) in [5, 5.41) is 3.27. The minimum atomic E-state index is -0.160. The summed E-state index contributed by atoms with van der Waals surface area (Å²) in [5.74, 6) is 0.492. The van der Waals surface area contributed by atoms with Crippen molar-refractivity contribution in [1.82, 2.24) is 16.2 Å². The first-order valence-corrected chi connectivity index (χ1v) is 9.10. The average Bonchev–Trinajstić information content (AvgIpc) is 2.58. The zero-order valence-corrected chi connectivity index (χ0v) is 14.6. The Morgan fingerprint density at radius 1 is 1.29 bits per heavy atom. The number of hydrogen-bond acceptors (Lipinski definition) is 3. The van der Waals surface area contributed by atoms with E-state index < -0.39 is 0 Å². The van der Waals surface area contributed by atoms with Crippen LogP contribution in [0.2, 0.25) is 0 Å². The standard InChI is InChI=1S/C19H28FN3O/c1-12(2)21-11-14-9-13(7-8-17(14)20)10-18-15-5-3-4-6-16(15)19(24)23-22-18/h7-9,12,15-16,18,21-22H,3-6,10-11H2,1-2H3,(H,23,24). The van der Waals surface area contributed by atoms with Gasteiger partial charge in [-0.3, -0.25) is 10.2 Å². The molecule has 5 heteroatoms. The third-order valence-corrected chi connectivity index (χ3v) is 5.32. The molecule has 0 bridgehead atoms. The number of halogens is 1. The Balaban J connectivity index is 1.70. The Morgan fingerprint density at radius 2 is 2.08 bits per heavy atom. The van der Waals surface area contributed by atoms with Gasteiger partial charge < -0.3 is 5.32 Å². The second kappa shape index (κ2) is 7.62. The van der Waals surface area contributed by atoms with Gasteiger partial charge in [-0.15, -0.1) is 0 Å². The molecule has 2 aliphatic rings. The zero-order valence-electron chi connectivity index (χ0n) is 14.6. The van der Waals surface area contributed by atoms with E-state index in [2.05, 4.69) is 30.0 Å². The van der Waals surface area contributed by atoms with E-state index in [-0.39, 0.29) is 23.7 Å². The molecule has 1 saturated carbocycles. The lowest BCUT2D eigenvalue weighted by Crippen LogP contribution is -2.60. The molecule has 1 saturated heterocycles. The van der Waals surface area contributed by atoms with E-state index in [1.54, 1.807) is 6.07 Å². The average molecular weight is 333 g/mol. The highest BCUT2D eigenvalue weighted by Crippen LogP contribution is 2.35. The molecule has 3 atom stereocenters. The van der Waals surface area contributed by atoms with Crippen molar-refractivity contribution in [2.24, 2.45) is 11.8 Å². The summed E-state index contributed by atoms with van der Waals surface area (Å²) in [6.07, 6.45) is 5.24. The second-order valence-corrected chi connectivity index (χ2v) is 7.46. The number of amides is 1. The molecule has 0 radical (unpaired) electrons. The number of hydrogen-bond donors (Lipinski definition) is 3. The van der Waals surface area contributed by atoms with Gasteiger partial charge >= 0.3 is 0 Å². The summed E-state index contributed by atoms with van der Waals surface area (Å²) in [5.41, 5.74) is 7.86. The molecule has 2 fully saturated rings. The third-order valence-electron chi connectivity index (χ3n) is 5.32. The fourth-order valence-electron chi connectivity index (χ4n) is 3.99. The normalized spacial score (nSPS) is 27.0. The molecule has 0 spiro atoms. The van der Waals surface area contributed by atoms with Crippen molar-refractivity contribution in [3.05, 3.63) is 35.1 Å². The first-order valence-electron chi connectivity index (χ1n) is 9.10. The van der Waals surface area contributed by atoms with Crippen LogP contribution in [0.15, 0.2) is 18.2 Å². The smallest absolute Gasteiger partial charge is 0.237 e. The maximum absolute atomic E-state index is 14.0. The Kier molecular flexibility index (Phi) is 5.51. The van der Waals surface area contributed by atoms with Crippen molar-refractivity contribution in [2.75, 3.05) is 0 Å². The van der Waals surface area contributed by atoms with E-state index in [1.807, 2.05) is 12.1 Å². The summed E-state index contributed by atoms with van der Waals surface area (Å²) in [6, 6.07) is 5.94. The van der Waals surface area contributed by atoms with Crippen LogP contribution in [0.1, 0.15) is 50.7 Å². The SMILES string of the molecule is CC(C)NCc1cc(CC2NNC(=O)C3CCCCC23)ccc1F. The van der Waals surface area contributed by atoms with Crippen molar-refractivity contribution in [3.63, 3.8) is 0 Å². The van der Waals surface area contributed by atoms with Gasteiger partial charge in [0.1, 0.15) is 5.82 Å². The van der Waals surface area contributed by atoms with Crippen molar-refractivity contribution in [1.29, 1.82) is 0 Å². The molecule has 1 aromatic rings. The first kappa shape index (κ1) is 17.4. The fourth-order valence-corrected chi connectivity index (χ4v) is 3.99. The van der Waals surface area contributed by atoms with Crippen LogP contribution in [0, 0.1) is 17.7 Å². The largest absolute Gasteiger partial charge is 0.310 e. The van der Waals surface area contributed by atoms with Gasteiger partial charge in [-0.1, -0.05) is 38.8 Å². The summed E-state index contributed by atoms with van der Waals surface area (Å²) >= 11 is 0. The minimum Gasteiger partial charge on any atom is -0.310 e. The predicted molar refractivity (Wildman–Crippen MR) is 92.6 cm³/mol. The molecule has 1 aliphatic heterocycles. The summed E-state index contributed by atoms with van der Waals surface area (Å²) in [6.45, 7) is 4.65. The Bertz CT molecular complexity index is 590. The van der Waals surface area contributed by atoms with Gasteiger partial charge in [0.05, 0.1) is 0 Å². The van der Waals surface area contributed by atoms with Gasteiger partial charge in [0.25, 0.3) is 0 Å². The molecule has 24 heavy (non-hydrogen) atoms. The number of hydrazine groups is 1. The lowest BCUT2D eigenvalue weighted by atomic mass is 9.72. The maximum atomic E-state index is 14.0. The van der Waals surface area contributed by atoms with Crippen LogP contribution in [0.5, 0.6) is 0 Å². The van der Waals surface area contributed by atoms with Crippen LogP contribution < -0.4 is 16.2 Å². The molecule has 0 aromatic heterocycles. The molecule has 3 unspecified atom stereocenters. The quantitative estimate of drug-likeness (QED) is 0.776. The van der Waals surface area contributed by atoms with Gasteiger partial charge in [0, 0.05) is 30.1 Å². The Morgan fingerprint density at radius 3 is 2.88 bits per heavy atom. The first-order chi connectivity index (χ1) is 11.5. The second-order valence-electron chi connectivity index (χ2n) is 7.46. The van der Waals surface area contributed by atoms with Crippen molar-refractivity contribution < 1.29 is 9.18 Å². The van der Waals surface area contributed by atoms with Crippen molar-refractivity contribution >= 4 is 5.91 Å². The van der Waals surface area contributed by atoms with Gasteiger partial charge in [0.15, 0.2) is 0 Å².